The molecule has 38 heavy (non-hydrogen) atoms. The van der Waals surface area contributed by atoms with Crippen LogP contribution in [0.3, 0.4) is 0 Å². The Hall–Kier alpha value is -3.97. The maximum absolute atomic E-state index is 13.4. The highest BCUT2D eigenvalue weighted by Crippen LogP contribution is 2.37. The van der Waals surface area contributed by atoms with Crippen LogP contribution in [0.4, 0.5) is 0 Å². The summed E-state index contributed by atoms with van der Waals surface area (Å²) in [4.78, 5) is 50.6. The molecule has 3 rings (SSSR count). The van der Waals surface area contributed by atoms with E-state index < -0.39 is 46.3 Å². The smallest absolute Gasteiger partial charge is 0.333 e. The van der Waals surface area contributed by atoms with Crippen molar-refractivity contribution in [2.45, 2.75) is 30.7 Å². The number of nitrogens with two attached hydrogens (primary N) is 1. The Morgan fingerprint density at radius 2 is 1.74 bits per heavy atom. The summed E-state index contributed by atoms with van der Waals surface area (Å²) < 4.78 is 38.8. The summed E-state index contributed by atoms with van der Waals surface area (Å²) in [5, 5.41) is 2.58. The Bertz CT molecular complexity index is 1340. The molecule has 0 spiro atoms. The number of methoxy groups -OCH3 is 2. The summed E-state index contributed by atoms with van der Waals surface area (Å²) in [5.41, 5.74) is 6.54. The van der Waals surface area contributed by atoms with Crippen molar-refractivity contribution in [1.29, 1.82) is 0 Å². The van der Waals surface area contributed by atoms with Crippen LogP contribution in [0.5, 0.6) is 5.75 Å². The first-order valence-corrected chi connectivity index (χ1v) is 13.3. The summed E-state index contributed by atoms with van der Waals surface area (Å²) >= 11 is 0. The van der Waals surface area contributed by atoms with E-state index in [0.717, 1.165) is 0 Å². The van der Waals surface area contributed by atoms with Crippen LogP contribution in [-0.2, 0) is 30.8 Å². The van der Waals surface area contributed by atoms with Crippen molar-refractivity contribution in [1.82, 2.24) is 14.9 Å². The van der Waals surface area contributed by atoms with Gasteiger partial charge in [0.2, 0.25) is 21.8 Å². The fraction of sp³-hybridized carbons (Fsp3) is 0.360. The van der Waals surface area contributed by atoms with Crippen LogP contribution < -0.4 is 20.5 Å². The number of fused-ring (bicyclic) bond motifs is 1. The van der Waals surface area contributed by atoms with Gasteiger partial charge in [0.05, 0.1) is 20.8 Å². The summed E-state index contributed by atoms with van der Waals surface area (Å²) in [7, 11) is -1.78. The highest BCUT2D eigenvalue weighted by molar-refractivity contribution is 7.89. The lowest BCUT2D eigenvalue weighted by Crippen LogP contribution is -2.44. The number of hydrogen-bond acceptors (Lipinski definition) is 8. The second kappa shape index (κ2) is 12.0. The van der Waals surface area contributed by atoms with E-state index in [4.69, 9.17) is 15.2 Å². The van der Waals surface area contributed by atoms with E-state index in [1.165, 1.54) is 55.5 Å². The average molecular weight is 547 g/mol. The molecule has 2 aromatic carbocycles. The van der Waals surface area contributed by atoms with Crippen LogP contribution in [0.2, 0.25) is 0 Å². The Labute approximate surface area is 220 Å². The third-order valence-electron chi connectivity index (χ3n) is 6.04. The van der Waals surface area contributed by atoms with Crippen molar-refractivity contribution in [3.63, 3.8) is 0 Å². The molecule has 204 valence electrons. The SMILES string of the molecule is CCCNC(=O)CNS(=O)(=O)c1cc2c(cc1OC)CCN(C(=O)c1ccc(C(N)=O)cc1)C2C(=O)OC. The predicted molar refractivity (Wildman–Crippen MR) is 136 cm³/mol. The van der Waals surface area contributed by atoms with E-state index in [0.29, 0.717) is 24.9 Å². The van der Waals surface area contributed by atoms with Crippen molar-refractivity contribution >= 4 is 33.7 Å². The monoisotopic (exact) mass is 546 g/mol. The molecule has 3 amide bonds. The number of ether oxygens (including phenoxy) is 2. The molecule has 2 aromatic rings. The van der Waals surface area contributed by atoms with Gasteiger partial charge in [-0.05, 0) is 60.4 Å². The van der Waals surface area contributed by atoms with Gasteiger partial charge in [0, 0.05) is 24.2 Å². The van der Waals surface area contributed by atoms with Gasteiger partial charge < -0.3 is 25.4 Å². The zero-order valence-corrected chi connectivity index (χ0v) is 22.1. The molecule has 0 aliphatic carbocycles. The minimum atomic E-state index is -4.25. The van der Waals surface area contributed by atoms with Crippen LogP contribution in [0, 0.1) is 0 Å². The van der Waals surface area contributed by atoms with Gasteiger partial charge in [0.15, 0.2) is 6.04 Å². The summed E-state index contributed by atoms with van der Waals surface area (Å²) in [6.07, 6.45) is 0.994. The van der Waals surface area contributed by atoms with Crippen LogP contribution >= 0.6 is 0 Å². The molecular formula is C25H30N4O8S. The number of rotatable bonds is 10. The van der Waals surface area contributed by atoms with Crippen LogP contribution in [0.15, 0.2) is 41.3 Å². The van der Waals surface area contributed by atoms with Gasteiger partial charge in [-0.25, -0.2) is 17.9 Å². The van der Waals surface area contributed by atoms with E-state index in [1.807, 2.05) is 6.92 Å². The van der Waals surface area contributed by atoms with Crippen LogP contribution in [0.1, 0.15) is 51.2 Å². The van der Waals surface area contributed by atoms with E-state index >= 15 is 0 Å². The quantitative estimate of drug-likeness (QED) is 0.361. The molecule has 1 unspecified atom stereocenters. The summed E-state index contributed by atoms with van der Waals surface area (Å²) in [6.45, 7) is 1.91. The topological polar surface area (TPSA) is 174 Å². The molecule has 0 bridgehead atoms. The first kappa shape index (κ1) is 28.6. The fourth-order valence-electron chi connectivity index (χ4n) is 4.09. The van der Waals surface area contributed by atoms with Gasteiger partial charge in [0.25, 0.3) is 5.91 Å². The number of nitrogens with one attached hydrogen (secondary N) is 2. The second-order valence-electron chi connectivity index (χ2n) is 8.49. The van der Waals surface area contributed by atoms with Gasteiger partial charge in [-0.2, -0.15) is 0 Å². The molecule has 0 radical (unpaired) electrons. The Morgan fingerprint density at radius 1 is 1.08 bits per heavy atom. The third-order valence-corrected chi connectivity index (χ3v) is 7.46. The molecule has 13 heteroatoms. The average Bonchev–Trinajstić information content (AvgIpc) is 2.92. The lowest BCUT2D eigenvalue weighted by Gasteiger charge is -2.36. The van der Waals surface area contributed by atoms with Crippen molar-refractivity contribution in [3.8, 4) is 5.75 Å². The van der Waals surface area contributed by atoms with Gasteiger partial charge in [0.1, 0.15) is 10.6 Å². The lowest BCUT2D eigenvalue weighted by molar-refractivity contribution is -0.146. The van der Waals surface area contributed by atoms with Gasteiger partial charge in [-0.3, -0.25) is 14.4 Å². The van der Waals surface area contributed by atoms with Crippen molar-refractivity contribution in [2.75, 3.05) is 33.9 Å². The van der Waals surface area contributed by atoms with Crippen LogP contribution in [-0.4, -0.2) is 70.9 Å². The molecule has 1 aliphatic rings. The minimum Gasteiger partial charge on any atom is -0.495 e. The molecule has 1 aliphatic heterocycles. The van der Waals surface area contributed by atoms with Crippen LogP contribution in [0.25, 0.3) is 0 Å². The standard InChI is InChI=1S/C25H30N4O8S/c1-4-10-27-21(30)14-28-38(34,35)20-13-18-17(12-19(20)36-2)9-11-29(22(18)25(33)37-3)24(32)16-7-5-15(6-8-16)23(26)31/h5-8,12-13,22,28H,4,9-11,14H2,1-3H3,(H2,26,31)(H,27,30). The molecule has 4 N–H and O–H groups in total. The highest BCUT2D eigenvalue weighted by atomic mass is 32.2. The van der Waals surface area contributed by atoms with Crippen molar-refractivity contribution in [3.05, 3.63) is 58.7 Å². The molecule has 0 aromatic heterocycles. The summed E-state index contributed by atoms with van der Waals surface area (Å²) in [6, 6.07) is 7.16. The molecule has 0 saturated carbocycles. The molecule has 0 fully saturated rings. The lowest BCUT2D eigenvalue weighted by atomic mass is 9.91. The molecule has 12 nitrogen and oxygen atoms in total. The van der Waals surface area contributed by atoms with Gasteiger partial charge in [-0.1, -0.05) is 6.92 Å². The van der Waals surface area contributed by atoms with Crippen molar-refractivity contribution < 1.29 is 37.1 Å². The number of carbonyl (C=O) groups excluding carboxylic acids is 4. The number of amides is 3. The number of esters is 1. The number of carbonyl (C=O) groups is 4. The van der Waals surface area contributed by atoms with Crippen molar-refractivity contribution in [2.24, 2.45) is 5.73 Å². The maximum atomic E-state index is 13.4. The Morgan fingerprint density at radius 3 is 2.32 bits per heavy atom. The number of hydrogen-bond donors (Lipinski definition) is 3. The molecular weight excluding hydrogens is 516 g/mol. The molecule has 1 atom stereocenters. The number of primary amides is 1. The zero-order chi connectivity index (χ0) is 28.0. The number of benzene rings is 2. The maximum Gasteiger partial charge on any atom is 0.333 e. The Balaban J connectivity index is 2.01. The summed E-state index contributed by atoms with van der Waals surface area (Å²) in [5.74, 6) is -2.42. The minimum absolute atomic E-state index is 0.0237. The predicted octanol–water partition coefficient (Wildman–Crippen LogP) is 0.511. The second-order valence-corrected chi connectivity index (χ2v) is 10.2. The molecule has 1 heterocycles. The van der Waals surface area contributed by atoms with Gasteiger partial charge in [-0.15, -0.1) is 0 Å². The largest absolute Gasteiger partial charge is 0.495 e. The van der Waals surface area contributed by atoms with E-state index in [2.05, 4.69) is 10.0 Å². The first-order valence-electron chi connectivity index (χ1n) is 11.8. The third kappa shape index (κ3) is 6.11. The first-order chi connectivity index (χ1) is 18.0. The normalized spacial score (nSPS) is 14.8. The fourth-order valence-corrected chi connectivity index (χ4v) is 5.25. The van der Waals surface area contributed by atoms with E-state index in [1.54, 1.807) is 0 Å². The zero-order valence-electron chi connectivity index (χ0n) is 21.3. The highest BCUT2D eigenvalue weighted by Gasteiger charge is 2.39. The molecule has 0 saturated heterocycles. The number of sulfonamides is 1. The number of nitrogens with zero attached hydrogens (tertiary/aromatic N) is 1. The van der Waals surface area contributed by atoms with E-state index in [9.17, 15) is 27.6 Å². The van der Waals surface area contributed by atoms with E-state index in [-0.39, 0.29) is 33.9 Å². The Kier molecular flexibility index (Phi) is 9.07. The van der Waals surface area contributed by atoms with Gasteiger partial charge >= 0.3 is 5.97 Å².